The van der Waals surface area contributed by atoms with E-state index in [1.54, 1.807) is 19.2 Å². The number of hydrogen-bond acceptors (Lipinski definition) is 4. The lowest BCUT2D eigenvalue weighted by Gasteiger charge is -2.08. The predicted octanol–water partition coefficient (Wildman–Crippen LogP) is 5.06. The summed E-state index contributed by atoms with van der Waals surface area (Å²) in [6.45, 7) is 0. The summed E-state index contributed by atoms with van der Waals surface area (Å²) in [6.07, 6.45) is 0. The molecule has 0 atom stereocenters. The average molecular weight is 321 g/mol. The Labute approximate surface area is 139 Å². The van der Waals surface area contributed by atoms with E-state index in [0.717, 1.165) is 16.9 Å². The quantitative estimate of drug-likeness (QED) is 0.486. The molecule has 3 aromatic rings. The van der Waals surface area contributed by atoms with Crippen molar-refractivity contribution < 1.29 is 14.4 Å². The first-order valence-electron chi connectivity index (χ1n) is 7.32. The highest BCUT2D eigenvalue weighted by Crippen LogP contribution is 2.29. The van der Waals surface area contributed by atoms with Gasteiger partial charge in [-0.15, -0.1) is 0 Å². The minimum Gasteiger partial charge on any atom is -0.497 e. The molecular weight excluding hydrogens is 306 g/mol. The van der Waals surface area contributed by atoms with E-state index in [1.807, 2.05) is 48.5 Å². The van der Waals surface area contributed by atoms with Crippen LogP contribution in [0.1, 0.15) is 0 Å². The minimum atomic E-state index is -0.436. The lowest BCUT2D eigenvalue weighted by Crippen LogP contribution is -1.89. The van der Waals surface area contributed by atoms with Crippen molar-refractivity contribution in [3.63, 3.8) is 0 Å². The SMILES string of the molecule is COc1ccc(-c2cccc(Oc3ccc([N+](=O)[O-])cc3)c2)cc1. The van der Waals surface area contributed by atoms with Gasteiger partial charge in [0.05, 0.1) is 12.0 Å². The zero-order valence-corrected chi connectivity index (χ0v) is 13.0. The van der Waals surface area contributed by atoms with Crippen molar-refractivity contribution in [2.75, 3.05) is 7.11 Å². The fourth-order valence-corrected chi connectivity index (χ4v) is 2.29. The van der Waals surface area contributed by atoms with Crippen LogP contribution in [0.25, 0.3) is 11.1 Å². The van der Waals surface area contributed by atoms with Crippen LogP contribution in [0.3, 0.4) is 0 Å². The van der Waals surface area contributed by atoms with Crippen molar-refractivity contribution in [3.8, 4) is 28.4 Å². The minimum absolute atomic E-state index is 0.0364. The fourth-order valence-electron chi connectivity index (χ4n) is 2.29. The van der Waals surface area contributed by atoms with E-state index in [1.165, 1.54) is 12.1 Å². The van der Waals surface area contributed by atoms with Crippen LogP contribution in [0.4, 0.5) is 5.69 Å². The Morgan fingerprint density at radius 2 is 1.46 bits per heavy atom. The van der Waals surface area contributed by atoms with Crippen LogP contribution in [-0.2, 0) is 0 Å². The largest absolute Gasteiger partial charge is 0.497 e. The van der Waals surface area contributed by atoms with Crippen molar-refractivity contribution >= 4 is 5.69 Å². The van der Waals surface area contributed by atoms with Gasteiger partial charge in [-0.2, -0.15) is 0 Å². The molecule has 5 heteroatoms. The molecule has 0 bridgehead atoms. The van der Waals surface area contributed by atoms with Crippen LogP contribution in [0, 0.1) is 10.1 Å². The lowest BCUT2D eigenvalue weighted by molar-refractivity contribution is -0.384. The molecule has 0 aliphatic heterocycles. The molecule has 0 spiro atoms. The number of nitro benzene ring substituents is 1. The van der Waals surface area contributed by atoms with Gasteiger partial charge in [0.15, 0.2) is 0 Å². The zero-order chi connectivity index (χ0) is 16.9. The zero-order valence-electron chi connectivity index (χ0n) is 13.0. The first-order valence-corrected chi connectivity index (χ1v) is 7.32. The van der Waals surface area contributed by atoms with Gasteiger partial charge in [-0.05, 0) is 47.5 Å². The summed E-state index contributed by atoms with van der Waals surface area (Å²) in [5.74, 6) is 2.02. The molecule has 0 aromatic heterocycles. The molecule has 0 radical (unpaired) electrons. The molecule has 0 N–H and O–H groups in total. The lowest BCUT2D eigenvalue weighted by atomic mass is 10.1. The topological polar surface area (TPSA) is 61.6 Å². The van der Waals surface area contributed by atoms with Crippen molar-refractivity contribution in [1.82, 2.24) is 0 Å². The smallest absolute Gasteiger partial charge is 0.269 e. The third-order valence-electron chi connectivity index (χ3n) is 3.54. The first-order chi connectivity index (χ1) is 11.7. The fraction of sp³-hybridized carbons (Fsp3) is 0.0526. The summed E-state index contributed by atoms with van der Waals surface area (Å²) in [5.41, 5.74) is 2.09. The number of hydrogen-bond donors (Lipinski definition) is 0. The second-order valence-corrected chi connectivity index (χ2v) is 5.11. The number of rotatable bonds is 5. The maximum atomic E-state index is 10.7. The third-order valence-corrected chi connectivity index (χ3v) is 3.54. The maximum absolute atomic E-state index is 10.7. The number of benzene rings is 3. The summed E-state index contributed by atoms with van der Waals surface area (Å²) < 4.78 is 10.9. The highest BCUT2D eigenvalue weighted by Gasteiger charge is 2.06. The van der Waals surface area contributed by atoms with Gasteiger partial charge in [0.1, 0.15) is 17.2 Å². The second kappa shape index (κ2) is 6.83. The molecular formula is C19H15NO4. The Balaban J connectivity index is 1.80. The van der Waals surface area contributed by atoms with Crippen LogP contribution in [0.15, 0.2) is 72.8 Å². The Morgan fingerprint density at radius 1 is 0.792 bits per heavy atom. The summed E-state index contributed by atoms with van der Waals surface area (Å²) in [5, 5.41) is 10.7. The van der Waals surface area contributed by atoms with E-state index in [9.17, 15) is 10.1 Å². The van der Waals surface area contributed by atoms with Gasteiger partial charge < -0.3 is 9.47 Å². The molecule has 0 heterocycles. The molecule has 0 aliphatic rings. The maximum Gasteiger partial charge on any atom is 0.269 e. The van der Waals surface area contributed by atoms with E-state index < -0.39 is 4.92 Å². The van der Waals surface area contributed by atoms with Gasteiger partial charge >= 0.3 is 0 Å². The second-order valence-electron chi connectivity index (χ2n) is 5.11. The molecule has 3 aromatic carbocycles. The van der Waals surface area contributed by atoms with Gasteiger partial charge in [-0.25, -0.2) is 0 Å². The number of non-ortho nitro benzene ring substituents is 1. The van der Waals surface area contributed by atoms with E-state index in [4.69, 9.17) is 9.47 Å². The summed E-state index contributed by atoms with van der Waals surface area (Å²) in [7, 11) is 1.63. The van der Waals surface area contributed by atoms with Gasteiger partial charge in [-0.3, -0.25) is 10.1 Å². The molecule has 120 valence electrons. The average Bonchev–Trinajstić information content (AvgIpc) is 2.62. The third kappa shape index (κ3) is 3.52. The molecule has 0 fully saturated rings. The molecule has 0 aliphatic carbocycles. The number of methoxy groups -OCH3 is 1. The molecule has 0 amide bonds. The Kier molecular flexibility index (Phi) is 4.43. The molecule has 5 nitrogen and oxygen atoms in total. The molecule has 3 rings (SSSR count). The van der Waals surface area contributed by atoms with E-state index >= 15 is 0 Å². The van der Waals surface area contributed by atoms with Gasteiger partial charge in [0.2, 0.25) is 0 Å². The van der Waals surface area contributed by atoms with E-state index in [-0.39, 0.29) is 5.69 Å². The van der Waals surface area contributed by atoms with Crippen molar-refractivity contribution in [2.45, 2.75) is 0 Å². The molecule has 0 saturated carbocycles. The standard InChI is InChI=1S/C19H15NO4/c1-23-17-9-5-14(6-10-17)15-3-2-4-19(13-15)24-18-11-7-16(8-12-18)20(21)22/h2-13H,1H3. The number of nitrogens with zero attached hydrogens (tertiary/aromatic N) is 1. The summed E-state index contributed by atoms with van der Waals surface area (Å²) in [6, 6.07) is 21.4. The number of nitro groups is 1. The highest BCUT2D eigenvalue weighted by atomic mass is 16.6. The number of ether oxygens (including phenoxy) is 2. The normalized spacial score (nSPS) is 10.2. The van der Waals surface area contributed by atoms with Crippen molar-refractivity contribution in [1.29, 1.82) is 0 Å². The Bertz CT molecular complexity index is 842. The van der Waals surface area contributed by atoms with E-state index in [0.29, 0.717) is 11.5 Å². The predicted molar refractivity (Wildman–Crippen MR) is 91.6 cm³/mol. The van der Waals surface area contributed by atoms with Crippen LogP contribution in [0.2, 0.25) is 0 Å². The van der Waals surface area contributed by atoms with Crippen molar-refractivity contribution in [3.05, 3.63) is 82.9 Å². The molecule has 24 heavy (non-hydrogen) atoms. The van der Waals surface area contributed by atoms with Crippen molar-refractivity contribution in [2.24, 2.45) is 0 Å². The monoisotopic (exact) mass is 321 g/mol. The molecule has 0 unspecified atom stereocenters. The van der Waals surface area contributed by atoms with Crippen LogP contribution in [0.5, 0.6) is 17.2 Å². The van der Waals surface area contributed by atoms with Gasteiger partial charge in [-0.1, -0.05) is 24.3 Å². The highest BCUT2D eigenvalue weighted by molar-refractivity contribution is 5.66. The van der Waals surface area contributed by atoms with Gasteiger partial charge in [0, 0.05) is 12.1 Å². The molecule has 0 saturated heterocycles. The Hall–Kier alpha value is -3.34. The first kappa shape index (κ1) is 15.6. The van der Waals surface area contributed by atoms with Crippen LogP contribution >= 0.6 is 0 Å². The summed E-state index contributed by atoms with van der Waals surface area (Å²) >= 11 is 0. The Morgan fingerprint density at radius 3 is 2.08 bits per heavy atom. The summed E-state index contributed by atoms with van der Waals surface area (Å²) in [4.78, 5) is 10.2. The van der Waals surface area contributed by atoms with Crippen LogP contribution < -0.4 is 9.47 Å². The van der Waals surface area contributed by atoms with Crippen LogP contribution in [-0.4, -0.2) is 12.0 Å². The van der Waals surface area contributed by atoms with E-state index in [2.05, 4.69) is 0 Å². The van der Waals surface area contributed by atoms with Gasteiger partial charge in [0.25, 0.3) is 5.69 Å².